The first kappa shape index (κ1) is 18.5. The lowest BCUT2D eigenvalue weighted by Crippen LogP contribution is -2.13. The molecule has 0 fully saturated rings. The molecule has 2 aromatic carbocycles. The second-order valence-electron chi connectivity index (χ2n) is 5.30. The van der Waals surface area contributed by atoms with Crippen molar-refractivity contribution in [2.24, 2.45) is 0 Å². The lowest BCUT2D eigenvalue weighted by atomic mass is 10.1. The number of nitrogens with zero attached hydrogens (tertiary/aromatic N) is 2. The van der Waals surface area contributed by atoms with Gasteiger partial charge in [0.2, 0.25) is 0 Å². The molecule has 6 nitrogen and oxygen atoms in total. The molecule has 3 aromatic rings. The topological polar surface area (TPSA) is 85.1 Å². The number of hydrogen-bond donors (Lipinski definition) is 1. The molecule has 0 aliphatic heterocycles. The quantitative estimate of drug-likeness (QED) is 0.407. The van der Waals surface area contributed by atoms with E-state index in [0.29, 0.717) is 5.13 Å². The molecule has 0 unspecified atom stereocenters. The SMILES string of the molecule is Cc1sc(NC(=O)c2ccc(Cl)cc2[N+](=O)[O-])nc1-c1ccc(Br)cc1. The van der Waals surface area contributed by atoms with E-state index in [1.807, 2.05) is 31.2 Å². The van der Waals surface area contributed by atoms with Crippen LogP contribution >= 0.6 is 38.9 Å². The normalized spacial score (nSPS) is 10.6. The van der Waals surface area contributed by atoms with Gasteiger partial charge in [0.15, 0.2) is 5.13 Å². The minimum Gasteiger partial charge on any atom is -0.298 e. The van der Waals surface area contributed by atoms with Gasteiger partial charge >= 0.3 is 0 Å². The second-order valence-corrected chi connectivity index (χ2v) is 7.86. The fraction of sp³-hybridized carbons (Fsp3) is 0.0588. The van der Waals surface area contributed by atoms with Crippen LogP contribution in [0.4, 0.5) is 10.8 Å². The highest BCUT2D eigenvalue weighted by Crippen LogP contribution is 2.32. The van der Waals surface area contributed by atoms with Crippen molar-refractivity contribution in [2.45, 2.75) is 6.92 Å². The summed E-state index contributed by atoms with van der Waals surface area (Å²) in [6.45, 7) is 1.90. The number of rotatable bonds is 4. The molecule has 0 spiro atoms. The van der Waals surface area contributed by atoms with Crippen molar-refractivity contribution < 1.29 is 9.72 Å². The number of amides is 1. The number of nitrogens with one attached hydrogen (secondary N) is 1. The Bertz CT molecular complexity index is 1000. The third kappa shape index (κ3) is 3.92. The Labute approximate surface area is 166 Å². The Morgan fingerprint density at radius 1 is 1.27 bits per heavy atom. The monoisotopic (exact) mass is 451 g/mol. The molecular formula is C17H11BrClN3O3S. The maximum Gasteiger partial charge on any atom is 0.283 e. The minimum atomic E-state index is -0.638. The predicted octanol–water partition coefficient (Wildman–Crippen LogP) is 5.69. The average Bonchev–Trinajstić information content (AvgIpc) is 2.95. The van der Waals surface area contributed by atoms with Gasteiger partial charge in [-0.1, -0.05) is 39.7 Å². The van der Waals surface area contributed by atoms with E-state index in [-0.39, 0.29) is 16.3 Å². The molecule has 0 aliphatic carbocycles. The van der Waals surface area contributed by atoms with E-state index in [1.54, 1.807) is 0 Å². The Hall–Kier alpha value is -2.29. The number of carbonyl (C=O) groups excluding carboxylic acids is 1. The highest BCUT2D eigenvalue weighted by molar-refractivity contribution is 9.10. The number of carbonyl (C=O) groups is 1. The number of anilines is 1. The number of thiazole rings is 1. The summed E-state index contributed by atoms with van der Waals surface area (Å²) < 4.78 is 0.956. The molecule has 0 bridgehead atoms. The van der Waals surface area contributed by atoms with Crippen molar-refractivity contribution >= 4 is 55.6 Å². The molecule has 1 aromatic heterocycles. The van der Waals surface area contributed by atoms with Crippen LogP contribution in [0.3, 0.4) is 0 Å². The Balaban J connectivity index is 1.88. The van der Waals surface area contributed by atoms with Gasteiger partial charge in [-0.3, -0.25) is 20.2 Å². The van der Waals surface area contributed by atoms with Crippen LogP contribution in [0.25, 0.3) is 11.3 Å². The van der Waals surface area contributed by atoms with Gasteiger partial charge in [0, 0.05) is 26.0 Å². The van der Waals surface area contributed by atoms with Crippen molar-refractivity contribution in [2.75, 3.05) is 5.32 Å². The molecule has 0 saturated carbocycles. The lowest BCUT2D eigenvalue weighted by molar-refractivity contribution is -0.385. The van der Waals surface area contributed by atoms with E-state index in [4.69, 9.17) is 11.6 Å². The van der Waals surface area contributed by atoms with Crippen LogP contribution in [0.15, 0.2) is 46.9 Å². The maximum atomic E-state index is 12.5. The highest BCUT2D eigenvalue weighted by atomic mass is 79.9. The second kappa shape index (κ2) is 7.53. The van der Waals surface area contributed by atoms with Crippen LogP contribution in [-0.4, -0.2) is 15.8 Å². The summed E-state index contributed by atoms with van der Waals surface area (Å²) in [7, 11) is 0. The van der Waals surface area contributed by atoms with Gasteiger partial charge in [-0.2, -0.15) is 0 Å². The van der Waals surface area contributed by atoms with E-state index in [2.05, 4.69) is 26.2 Å². The van der Waals surface area contributed by atoms with Crippen LogP contribution in [-0.2, 0) is 0 Å². The number of halogens is 2. The van der Waals surface area contributed by atoms with Crippen LogP contribution < -0.4 is 5.32 Å². The maximum absolute atomic E-state index is 12.5. The first-order valence-electron chi connectivity index (χ1n) is 7.34. The zero-order valence-corrected chi connectivity index (χ0v) is 16.5. The van der Waals surface area contributed by atoms with Crippen LogP contribution in [0.1, 0.15) is 15.2 Å². The number of nitro groups is 1. The van der Waals surface area contributed by atoms with Crippen molar-refractivity contribution in [1.29, 1.82) is 0 Å². The zero-order valence-electron chi connectivity index (χ0n) is 13.3. The summed E-state index contributed by atoms with van der Waals surface area (Å²) in [6.07, 6.45) is 0. The van der Waals surface area contributed by atoms with E-state index in [9.17, 15) is 14.9 Å². The van der Waals surface area contributed by atoms with Crippen LogP contribution in [0.5, 0.6) is 0 Å². The van der Waals surface area contributed by atoms with Crippen molar-refractivity contribution in [3.8, 4) is 11.3 Å². The summed E-state index contributed by atoms with van der Waals surface area (Å²) in [5.74, 6) is -0.607. The summed E-state index contributed by atoms with van der Waals surface area (Å²) in [4.78, 5) is 28.3. The first-order valence-corrected chi connectivity index (χ1v) is 9.32. The minimum absolute atomic E-state index is 0.0718. The number of aryl methyl sites for hydroxylation is 1. The van der Waals surface area contributed by atoms with Gasteiger partial charge in [0.1, 0.15) is 5.56 Å². The fourth-order valence-corrected chi connectivity index (χ4v) is 3.60. The van der Waals surface area contributed by atoms with Crippen molar-refractivity contribution in [3.63, 3.8) is 0 Å². The number of hydrogen-bond acceptors (Lipinski definition) is 5. The smallest absolute Gasteiger partial charge is 0.283 e. The molecule has 0 atom stereocenters. The highest BCUT2D eigenvalue weighted by Gasteiger charge is 2.22. The van der Waals surface area contributed by atoms with Gasteiger partial charge in [0.25, 0.3) is 11.6 Å². The number of nitro benzene ring substituents is 1. The predicted molar refractivity (Wildman–Crippen MR) is 106 cm³/mol. The average molecular weight is 453 g/mol. The van der Waals surface area contributed by atoms with Gasteiger partial charge < -0.3 is 0 Å². The molecular weight excluding hydrogens is 442 g/mol. The van der Waals surface area contributed by atoms with E-state index in [0.717, 1.165) is 26.7 Å². The number of aromatic nitrogens is 1. The van der Waals surface area contributed by atoms with Gasteiger partial charge in [0.05, 0.1) is 10.6 Å². The largest absolute Gasteiger partial charge is 0.298 e. The van der Waals surface area contributed by atoms with E-state index < -0.39 is 10.8 Å². The van der Waals surface area contributed by atoms with Gasteiger partial charge in [-0.25, -0.2) is 4.98 Å². The molecule has 0 radical (unpaired) electrons. The molecule has 26 heavy (non-hydrogen) atoms. The summed E-state index contributed by atoms with van der Waals surface area (Å²) >= 11 is 10.5. The molecule has 0 saturated heterocycles. The van der Waals surface area contributed by atoms with E-state index in [1.165, 1.54) is 23.5 Å². The third-order valence-electron chi connectivity index (χ3n) is 3.54. The van der Waals surface area contributed by atoms with Crippen molar-refractivity contribution in [1.82, 2.24) is 4.98 Å². The molecule has 3 rings (SSSR count). The summed E-state index contributed by atoms with van der Waals surface area (Å²) in [5, 5.41) is 14.3. The number of benzene rings is 2. The molecule has 132 valence electrons. The third-order valence-corrected chi connectivity index (χ3v) is 5.19. The van der Waals surface area contributed by atoms with Gasteiger partial charge in [-0.15, -0.1) is 11.3 Å². The summed E-state index contributed by atoms with van der Waals surface area (Å²) in [5.41, 5.74) is 1.25. The molecule has 9 heteroatoms. The molecule has 1 N–H and O–H groups in total. The fourth-order valence-electron chi connectivity index (χ4n) is 2.34. The van der Waals surface area contributed by atoms with Crippen LogP contribution in [0.2, 0.25) is 5.02 Å². The van der Waals surface area contributed by atoms with E-state index >= 15 is 0 Å². The first-order chi connectivity index (χ1) is 12.3. The summed E-state index contributed by atoms with van der Waals surface area (Å²) in [6, 6.07) is 11.6. The zero-order chi connectivity index (χ0) is 18.8. The molecule has 1 heterocycles. The standard InChI is InChI=1S/C17H11BrClN3O3S/c1-9-15(10-2-4-11(18)5-3-10)20-17(26-9)21-16(23)13-7-6-12(19)8-14(13)22(24)25/h2-8H,1H3,(H,20,21,23). The Morgan fingerprint density at radius 2 is 1.96 bits per heavy atom. The van der Waals surface area contributed by atoms with Crippen molar-refractivity contribution in [3.05, 3.63) is 72.5 Å². The molecule has 1 amide bonds. The molecule has 0 aliphatic rings. The Morgan fingerprint density at radius 3 is 2.62 bits per heavy atom. The van der Waals surface area contributed by atoms with Gasteiger partial charge in [-0.05, 0) is 31.2 Å². The lowest BCUT2D eigenvalue weighted by Gasteiger charge is -2.03. The van der Waals surface area contributed by atoms with Crippen LogP contribution in [0, 0.1) is 17.0 Å². The Kier molecular flexibility index (Phi) is 5.36.